The van der Waals surface area contributed by atoms with Gasteiger partial charge in [-0.2, -0.15) is 10.2 Å². The van der Waals surface area contributed by atoms with Crippen LogP contribution in [0.4, 0.5) is 0 Å². The molecule has 1 aromatic heterocycles. The first kappa shape index (κ1) is 12.9. The fraction of sp³-hybridized carbons (Fsp3) is 0.583. The molecule has 1 aromatic rings. The van der Waals surface area contributed by atoms with E-state index in [4.69, 9.17) is 4.74 Å². The highest BCUT2D eigenvalue weighted by molar-refractivity contribution is 5.93. The zero-order valence-corrected chi connectivity index (χ0v) is 10.5. The van der Waals surface area contributed by atoms with E-state index in [0.717, 1.165) is 0 Å². The minimum Gasteiger partial charge on any atom is -0.394 e. The molecule has 2 heterocycles. The smallest absolute Gasteiger partial charge is 0.255 e. The number of amides is 1. The Labute approximate surface area is 106 Å². The Morgan fingerprint density at radius 1 is 1.61 bits per heavy atom. The third kappa shape index (κ3) is 2.83. The van der Waals surface area contributed by atoms with Gasteiger partial charge in [-0.15, -0.1) is 0 Å². The van der Waals surface area contributed by atoms with Crippen molar-refractivity contribution in [3.8, 4) is 0 Å². The lowest BCUT2D eigenvalue weighted by Crippen LogP contribution is -2.55. The highest BCUT2D eigenvalue weighted by Gasteiger charge is 2.35. The Morgan fingerprint density at radius 3 is 3.00 bits per heavy atom. The second kappa shape index (κ2) is 4.99. The van der Waals surface area contributed by atoms with Crippen molar-refractivity contribution < 1.29 is 14.6 Å². The molecule has 98 valence electrons. The van der Waals surface area contributed by atoms with Gasteiger partial charge in [-0.25, -0.2) is 0 Å². The average molecular weight is 251 g/mol. The van der Waals surface area contributed by atoms with E-state index in [9.17, 15) is 9.90 Å². The normalized spacial score (nSPS) is 22.8. The summed E-state index contributed by atoms with van der Waals surface area (Å²) in [4.78, 5) is 14.0. The minimum atomic E-state index is -0.457. The molecule has 0 spiro atoms. The summed E-state index contributed by atoms with van der Waals surface area (Å²) in [5.74, 6) is -0.111. The zero-order valence-electron chi connectivity index (χ0n) is 10.5. The van der Waals surface area contributed by atoms with Crippen LogP contribution in [0.1, 0.15) is 24.2 Å². The van der Waals surface area contributed by atoms with Crippen LogP contribution in [-0.2, 0) is 4.74 Å². The van der Waals surface area contributed by atoms with Crippen LogP contribution in [0.2, 0.25) is 0 Å². The molecule has 18 heavy (non-hydrogen) atoms. The first-order valence-corrected chi connectivity index (χ1v) is 5.86. The molecule has 1 aliphatic heterocycles. The van der Waals surface area contributed by atoms with Crippen LogP contribution < -0.4 is 0 Å². The summed E-state index contributed by atoms with van der Waals surface area (Å²) in [6.45, 7) is 4.59. The van der Waals surface area contributed by atoms with Crippen LogP contribution in [0, 0.1) is 0 Å². The molecule has 6 nitrogen and oxygen atoms in total. The van der Waals surface area contributed by atoms with Crippen molar-refractivity contribution in [1.82, 2.24) is 15.1 Å². The fourth-order valence-corrected chi connectivity index (χ4v) is 2.15. The number of aliphatic hydroxyl groups excluding tert-OH is 1. The van der Waals surface area contributed by atoms with Gasteiger partial charge in [-0.3, -0.25) is 4.79 Å². The van der Waals surface area contributed by atoms with Gasteiger partial charge in [0.2, 0.25) is 0 Å². The summed E-state index contributed by atoms with van der Waals surface area (Å²) in [6, 6.07) is 1.63. The van der Waals surface area contributed by atoms with Crippen LogP contribution in [-0.4, -0.2) is 57.5 Å². The van der Waals surface area contributed by atoms with Gasteiger partial charge in [0.05, 0.1) is 36.3 Å². The van der Waals surface area contributed by atoms with Crippen molar-refractivity contribution in [3.63, 3.8) is 0 Å². The molecule has 1 unspecified atom stereocenters. The number of aromatic nitrogens is 2. The quantitative estimate of drug-likeness (QED) is 0.806. The Kier molecular flexibility index (Phi) is 3.58. The van der Waals surface area contributed by atoms with Gasteiger partial charge in [0.15, 0.2) is 0 Å². The van der Waals surface area contributed by atoms with Crippen molar-refractivity contribution in [2.24, 2.45) is 0 Å². The van der Waals surface area contributed by atoms with Gasteiger partial charge in [0.25, 0.3) is 5.91 Å². The monoisotopic (exact) mass is 251 g/mol. The Balaban J connectivity index is 2.15. The van der Waals surface area contributed by atoms with E-state index in [1.54, 1.807) is 11.0 Å². The van der Waals surface area contributed by atoms with Crippen LogP contribution in [0.3, 0.4) is 0 Å². The summed E-state index contributed by atoms with van der Waals surface area (Å²) in [7, 11) is 0. The number of nitrogens with zero attached hydrogens (tertiary/aromatic N) is 3. The number of carbonyl (C=O) groups is 1. The van der Waals surface area contributed by atoms with E-state index >= 15 is 0 Å². The SMILES string of the molecule is CC1(C)CN(C(=O)c2ccnnc2)CC(CO)O1. The van der Waals surface area contributed by atoms with E-state index in [1.807, 2.05) is 13.8 Å². The van der Waals surface area contributed by atoms with Crippen LogP contribution >= 0.6 is 0 Å². The summed E-state index contributed by atoms with van der Waals surface area (Å²) < 4.78 is 5.67. The van der Waals surface area contributed by atoms with Crippen molar-refractivity contribution in [2.45, 2.75) is 25.6 Å². The molecule has 1 fully saturated rings. The minimum absolute atomic E-state index is 0.0954. The Hall–Kier alpha value is -1.53. The third-order valence-corrected chi connectivity index (χ3v) is 2.80. The molecule has 1 saturated heterocycles. The standard InChI is InChI=1S/C12H17N3O3/c1-12(2)8-15(6-10(7-16)18-12)11(17)9-3-4-13-14-5-9/h3-5,10,16H,6-8H2,1-2H3. The van der Waals surface area contributed by atoms with Gasteiger partial charge in [-0.1, -0.05) is 0 Å². The van der Waals surface area contributed by atoms with Crippen molar-refractivity contribution in [1.29, 1.82) is 0 Å². The molecule has 2 rings (SSSR count). The molecule has 0 aliphatic carbocycles. The largest absolute Gasteiger partial charge is 0.394 e. The molecule has 1 amide bonds. The van der Waals surface area contributed by atoms with Gasteiger partial charge in [-0.05, 0) is 19.9 Å². The fourth-order valence-electron chi connectivity index (χ4n) is 2.15. The van der Waals surface area contributed by atoms with Crippen molar-refractivity contribution >= 4 is 5.91 Å². The summed E-state index contributed by atoms with van der Waals surface area (Å²) in [6.07, 6.45) is 2.59. The number of aliphatic hydroxyl groups is 1. The first-order chi connectivity index (χ1) is 8.52. The average Bonchev–Trinajstić information content (AvgIpc) is 2.37. The summed E-state index contributed by atoms with van der Waals surface area (Å²) >= 11 is 0. The van der Waals surface area contributed by atoms with E-state index in [-0.39, 0.29) is 18.6 Å². The van der Waals surface area contributed by atoms with Gasteiger partial charge >= 0.3 is 0 Å². The van der Waals surface area contributed by atoms with Crippen LogP contribution in [0.25, 0.3) is 0 Å². The predicted octanol–water partition coefficient (Wildman–Crippen LogP) is 0.0885. The molecule has 1 atom stereocenters. The molecular weight excluding hydrogens is 234 g/mol. The number of rotatable bonds is 2. The molecule has 1 N–H and O–H groups in total. The van der Waals surface area contributed by atoms with Crippen LogP contribution in [0.5, 0.6) is 0 Å². The molecule has 0 radical (unpaired) electrons. The molecule has 0 saturated carbocycles. The molecule has 6 heteroatoms. The van der Waals surface area contributed by atoms with E-state index < -0.39 is 5.60 Å². The number of hydrogen-bond donors (Lipinski definition) is 1. The van der Waals surface area contributed by atoms with Gasteiger partial charge < -0.3 is 14.7 Å². The summed E-state index contributed by atoms with van der Waals surface area (Å²) in [5.41, 5.74) is 0.0429. The number of ether oxygens (including phenoxy) is 1. The van der Waals surface area contributed by atoms with Crippen molar-refractivity contribution in [3.05, 3.63) is 24.0 Å². The van der Waals surface area contributed by atoms with E-state index in [0.29, 0.717) is 18.7 Å². The molecular formula is C12H17N3O3. The maximum absolute atomic E-state index is 12.3. The second-order valence-electron chi connectivity index (χ2n) is 5.00. The molecule has 1 aliphatic rings. The van der Waals surface area contributed by atoms with Crippen LogP contribution in [0.15, 0.2) is 18.5 Å². The Bertz CT molecular complexity index is 422. The first-order valence-electron chi connectivity index (χ1n) is 5.86. The van der Waals surface area contributed by atoms with E-state index in [2.05, 4.69) is 10.2 Å². The number of hydrogen-bond acceptors (Lipinski definition) is 5. The van der Waals surface area contributed by atoms with E-state index in [1.165, 1.54) is 12.4 Å². The zero-order chi connectivity index (χ0) is 13.2. The number of carbonyl (C=O) groups excluding carboxylic acids is 1. The maximum Gasteiger partial charge on any atom is 0.255 e. The number of morpholine rings is 1. The Morgan fingerprint density at radius 2 is 2.39 bits per heavy atom. The lowest BCUT2D eigenvalue weighted by molar-refractivity contribution is -0.139. The molecule has 0 aromatic carbocycles. The summed E-state index contributed by atoms with van der Waals surface area (Å²) in [5, 5.41) is 16.6. The predicted molar refractivity (Wildman–Crippen MR) is 64.0 cm³/mol. The topological polar surface area (TPSA) is 75.6 Å². The lowest BCUT2D eigenvalue weighted by Gasteiger charge is -2.42. The third-order valence-electron chi connectivity index (χ3n) is 2.80. The molecule has 0 bridgehead atoms. The highest BCUT2D eigenvalue weighted by Crippen LogP contribution is 2.22. The van der Waals surface area contributed by atoms with Gasteiger partial charge in [0, 0.05) is 13.1 Å². The maximum atomic E-state index is 12.3. The lowest BCUT2D eigenvalue weighted by atomic mass is 10.0. The highest BCUT2D eigenvalue weighted by atomic mass is 16.5. The second-order valence-corrected chi connectivity index (χ2v) is 5.00. The van der Waals surface area contributed by atoms with Gasteiger partial charge in [0.1, 0.15) is 0 Å². The van der Waals surface area contributed by atoms with Crippen molar-refractivity contribution in [2.75, 3.05) is 19.7 Å².